The van der Waals surface area contributed by atoms with Gasteiger partial charge in [-0.3, -0.25) is 19.2 Å². The molecule has 3 N–H and O–H groups in total. The van der Waals surface area contributed by atoms with E-state index in [2.05, 4.69) is 20.3 Å². The van der Waals surface area contributed by atoms with Gasteiger partial charge in [-0.2, -0.15) is 0 Å². The topological polar surface area (TPSA) is 155 Å². The molecule has 0 saturated carbocycles. The highest BCUT2D eigenvalue weighted by Gasteiger charge is 2.47. The van der Waals surface area contributed by atoms with E-state index >= 15 is 0 Å². The molecule has 1 aromatic heterocycles. The quantitative estimate of drug-likeness (QED) is 0.355. The van der Waals surface area contributed by atoms with Gasteiger partial charge in [-0.05, 0) is 42.7 Å². The first-order chi connectivity index (χ1) is 18.6. The van der Waals surface area contributed by atoms with Crippen LogP contribution in [0.15, 0.2) is 24.3 Å². The molecule has 0 radical (unpaired) electrons. The lowest BCUT2D eigenvalue weighted by atomic mass is 9.90. The zero-order valence-corrected chi connectivity index (χ0v) is 25.0. The first-order valence-corrected chi connectivity index (χ1v) is 16.1. The Morgan fingerprint density at radius 1 is 1.23 bits per heavy atom. The summed E-state index contributed by atoms with van der Waals surface area (Å²) < 4.78 is 27.2. The Morgan fingerprint density at radius 3 is 2.52 bits per heavy atom. The fourth-order valence-electron chi connectivity index (χ4n) is 5.40. The van der Waals surface area contributed by atoms with Crippen molar-refractivity contribution in [2.75, 3.05) is 19.3 Å². The highest BCUT2D eigenvalue weighted by molar-refractivity contribution is 7.88. The van der Waals surface area contributed by atoms with Gasteiger partial charge in [0.05, 0.1) is 22.5 Å². The number of likely N-dealkylation sites (tertiary alicyclic amines) is 1. The van der Waals surface area contributed by atoms with Crippen molar-refractivity contribution in [3.05, 3.63) is 29.3 Å². The van der Waals surface area contributed by atoms with E-state index < -0.39 is 51.3 Å². The number of carbonyl (C=O) groups excluding carboxylic acids is 4. The molecule has 4 atom stereocenters. The number of thiazole rings is 1. The SMILES string of the molecule is CC(C)[C@H](NS(C)(=O)=O)C(=O)N1CC(C)(C)C[C@H]1C(=O)N[C@@H](C[C@@H]1CCNC1=O)C(=O)c1nc2ccccc2s1. The van der Waals surface area contributed by atoms with Crippen molar-refractivity contribution in [3.8, 4) is 0 Å². The van der Waals surface area contributed by atoms with Gasteiger partial charge in [0.15, 0.2) is 5.01 Å². The first kappa shape index (κ1) is 30.1. The number of hydrogen-bond acceptors (Lipinski definition) is 8. The van der Waals surface area contributed by atoms with Crippen LogP contribution in [-0.4, -0.2) is 79.3 Å². The predicted molar refractivity (Wildman–Crippen MR) is 152 cm³/mol. The second-order valence-corrected chi connectivity index (χ2v) is 14.7. The molecule has 0 unspecified atom stereocenters. The fraction of sp³-hybridized carbons (Fsp3) is 0.593. The van der Waals surface area contributed by atoms with Crippen LogP contribution in [0.5, 0.6) is 0 Å². The number of hydrogen-bond donors (Lipinski definition) is 3. The summed E-state index contributed by atoms with van der Waals surface area (Å²) in [6.45, 7) is 8.08. The Morgan fingerprint density at radius 2 is 1.93 bits per heavy atom. The van der Waals surface area contributed by atoms with Crippen LogP contribution in [0, 0.1) is 17.3 Å². The minimum absolute atomic E-state index is 0.112. The Kier molecular flexibility index (Phi) is 8.67. The van der Waals surface area contributed by atoms with Crippen LogP contribution >= 0.6 is 11.3 Å². The summed E-state index contributed by atoms with van der Waals surface area (Å²) in [7, 11) is -3.69. The fourth-order valence-corrected chi connectivity index (χ4v) is 7.19. The number of sulfonamides is 1. The molecule has 3 amide bonds. The number of fused-ring (bicyclic) bond motifs is 1. The van der Waals surface area contributed by atoms with Crippen molar-refractivity contribution < 1.29 is 27.6 Å². The summed E-state index contributed by atoms with van der Waals surface area (Å²) in [6, 6.07) is 4.39. The van der Waals surface area contributed by atoms with Crippen LogP contribution < -0.4 is 15.4 Å². The molecule has 0 bridgehead atoms. The summed E-state index contributed by atoms with van der Waals surface area (Å²) >= 11 is 1.23. The molecule has 11 nitrogen and oxygen atoms in total. The molecule has 2 aliphatic rings. The van der Waals surface area contributed by atoms with E-state index in [0.29, 0.717) is 24.9 Å². The number of benzene rings is 1. The molecular weight excluding hydrogens is 554 g/mol. The van der Waals surface area contributed by atoms with Crippen LogP contribution in [0.1, 0.15) is 56.8 Å². The van der Waals surface area contributed by atoms with Gasteiger partial charge >= 0.3 is 0 Å². The van der Waals surface area contributed by atoms with E-state index in [1.807, 2.05) is 32.0 Å². The van der Waals surface area contributed by atoms with Crippen LogP contribution in [0.4, 0.5) is 0 Å². The van der Waals surface area contributed by atoms with Crippen molar-refractivity contribution >= 4 is 55.1 Å². The van der Waals surface area contributed by atoms with Crippen LogP contribution in [0.2, 0.25) is 0 Å². The van der Waals surface area contributed by atoms with Gasteiger partial charge in [-0.25, -0.2) is 18.1 Å². The third-order valence-corrected chi connectivity index (χ3v) is 9.13. The van der Waals surface area contributed by atoms with Crippen molar-refractivity contribution in [1.29, 1.82) is 0 Å². The average Bonchev–Trinajstić information content (AvgIpc) is 3.56. The average molecular weight is 592 g/mol. The second-order valence-electron chi connectivity index (χ2n) is 11.9. The molecule has 2 fully saturated rings. The number of nitrogens with one attached hydrogen (secondary N) is 3. The number of para-hydroxylation sites is 1. The van der Waals surface area contributed by atoms with Crippen LogP contribution in [0.25, 0.3) is 10.2 Å². The minimum atomic E-state index is -3.69. The van der Waals surface area contributed by atoms with E-state index in [4.69, 9.17) is 0 Å². The molecule has 1 aromatic carbocycles. The minimum Gasteiger partial charge on any atom is -0.356 e. The third kappa shape index (κ3) is 6.87. The van der Waals surface area contributed by atoms with E-state index in [0.717, 1.165) is 11.0 Å². The molecule has 2 saturated heterocycles. The molecule has 4 rings (SSSR count). The smallest absolute Gasteiger partial charge is 0.243 e. The van der Waals surface area contributed by atoms with Crippen LogP contribution in [0.3, 0.4) is 0 Å². The Hall–Kier alpha value is -2.90. The molecule has 3 heterocycles. The summed E-state index contributed by atoms with van der Waals surface area (Å²) in [4.78, 5) is 59.4. The number of rotatable bonds is 10. The number of Topliss-reactive ketones (excluding diaryl/α,β-unsaturated/α-hetero) is 1. The van der Waals surface area contributed by atoms with Crippen molar-refractivity contribution in [3.63, 3.8) is 0 Å². The summed E-state index contributed by atoms with van der Waals surface area (Å²) in [5, 5.41) is 5.86. The standard InChI is InChI=1S/C27H37N5O6S2/c1-15(2)21(31-40(5,37)38)26(36)32-14-27(3,4)13-19(32)24(35)29-18(12-16-10-11-28-23(16)34)22(33)25-30-17-8-6-7-9-20(17)39-25/h6-9,15-16,18-19,21,31H,10-14H2,1-5H3,(H,28,34)(H,29,35)/t16-,18-,19-,21-/m0/s1. The number of nitrogens with zero attached hydrogens (tertiary/aromatic N) is 2. The van der Waals surface area contributed by atoms with Gasteiger partial charge < -0.3 is 15.5 Å². The van der Waals surface area contributed by atoms with Gasteiger partial charge in [-0.15, -0.1) is 11.3 Å². The Labute approximate surface area is 238 Å². The summed E-state index contributed by atoms with van der Waals surface area (Å²) in [5.74, 6) is -2.35. The lowest BCUT2D eigenvalue weighted by Gasteiger charge is -2.31. The van der Waals surface area contributed by atoms with E-state index in [1.165, 1.54) is 16.2 Å². The summed E-state index contributed by atoms with van der Waals surface area (Å²) in [6.07, 6.45) is 1.98. The molecule has 13 heteroatoms. The zero-order valence-electron chi connectivity index (χ0n) is 23.4. The molecule has 2 aromatic rings. The largest absolute Gasteiger partial charge is 0.356 e. The zero-order chi connectivity index (χ0) is 29.4. The molecule has 40 heavy (non-hydrogen) atoms. The van der Waals surface area contributed by atoms with E-state index in [-0.39, 0.29) is 35.6 Å². The lowest BCUT2D eigenvalue weighted by molar-refractivity contribution is -0.140. The summed E-state index contributed by atoms with van der Waals surface area (Å²) in [5.41, 5.74) is 0.259. The number of carbonyl (C=O) groups is 4. The van der Waals surface area contributed by atoms with Gasteiger partial charge in [0.25, 0.3) is 0 Å². The first-order valence-electron chi connectivity index (χ1n) is 13.4. The molecule has 0 aliphatic carbocycles. The molecule has 0 spiro atoms. The Balaban J connectivity index is 1.61. The molecule has 218 valence electrons. The molecule has 2 aliphatic heterocycles. The van der Waals surface area contributed by atoms with E-state index in [9.17, 15) is 27.6 Å². The van der Waals surface area contributed by atoms with Crippen LogP contribution in [-0.2, 0) is 24.4 Å². The number of amides is 3. The predicted octanol–water partition coefficient (Wildman–Crippen LogP) is 1.69. The maximum atomic E-state index is 13.8. The third-order valence-electron chi connectivity index (χ3n) is 7.40. The van der Waals surface area contributed by atoms with Gasteiger partial charge in [0.2, 0.25) is 33.5 Å². The van der Waals surface area contributed by atoms with Gasteiger partial charge in [0, 0.05) is 19.0 Å². The number of aromatic nitrogens is 1. The van der Waals surface area contributed by atoms with E-state index in [1.54, 1.807) is 19.9 Å². The van der Waals surface area contributed by atoms with Crippen molar-refractivity contribution in [1.82, 2.24) is 25.2 Å². The second kappa shape index (κ2) is 11.5. The number of ketones is 1. The van der Waals surface area contributed by atoms with Crippen molar-refractivity contribution in [2.24, 2.45) is 17.3 Å². The maximum Gasteiger partial charge on any atom is 0.243 e. The van der Waals surface area contributed by atoms with Gasteiger partial charge in [0.1, 0.15) is 12.1 Å². The Bertz CT molecular complexity index is 1390. The van der Waals surface area contributed by atoms with Crippen molar-refractivity contribution in [2.45, 2.75) is 65.1 Å². The highest BCUT2D eigenvalue weighted by atomic mass is 32.2. The maximum absolute atomic E-state index is 13.8. The lowest BCUT2D eigenvalue weighted by Crippen LogP contribution is -2.56. The highest BCUT2D eigenvalue weighted by Crippen LogP contribution is 2.35. The molecular formula is C27H37N5O6S2. The monoisotopic (exact) mass is 591 g/mol. The normalized spacial score (nSPS) is 22.4. The van der Waals surface area contributed by atoms with Gasteiger partial charge in [-0.1, -0.05) is 39.8 Å².